The molecule has 0 spiro atoms. The topological polar surface area (TPSA) is 43.4 Å². The largest absolute Gasteiger partial charge is 0.454 e. The summed E-state index contributed by atoms with van der Waals surface area (Å²) >= 11 is 0. The molecule has 1 fully saturated rings. The second-order valence-corrected chi connectivity index (χ2v) is 6.59. The highest BCUT2D eigenvalue weighted by Gasteiger charge is 2.28. The highest BCUT2D eigenvalue weighted by molar-refractivity contribution is 5.49. The van der Waals surface area contributed by atoms with Gasteiger partial charge in [-0.05, 0) is 49.8 Å². The van der Waals surface area contributed by atoms with Gasteiger partial charge in [0.2, 0.25) is 12.7 Å². The van der Waals surface area contributed by atoms with E-state index in [1.807, 2.05) is 18.2 Å². The lowest BCUT2D eigenvalue weighted by molar-refractivity contribution is 0.172. The van der Waals surface area contributed by atoms with Crippen LogP contribution in [0.5, 0.6) is 11.5 Å². The molecule has 0 bridgehead atoms. The third kappa shape index (κ3) is 2.96. The molecule has 2 aliphatic rings. The van der Waals surface area contributed by atoms with Gasteiger partial charge in [0.15, 0.2) is 11.5 Å². The van der Waals surface area contributed by atoms with Crippen LogP contribution >= 0.6 is 0 Å². The van der Waals surface area contributed by atoms with Crippen LogP contribution in [0.4, 0.5) is 4.39 Å². The molecule has 2 unspecified atom stereocenters. The summed E-state index contributed by atoms with van der Waals surface area (Å²) in [5, 5.41) is 3.71. The van der Waals surface area contributed by atoms with Crippen molar-refractivity contribution in [3.8, 4) is 11.5 Å². The number of nitrogens with zero attached hydrogens (tertiary/aromatic N) is 1. The second kappa shape index (κ2) is 6.40. The van der Waals surface area contributed by atoms with E-state index in [2.05, 4.69) is 23.3 Å². The Morgan fingerprint density at radius 1 is 1.21 bits per heavy atom. The van der Waals surface area contributed by atoms with Gasteiger partial charge in [0.1, 0.15) is 0 Å². The zero-order chi connectivity index (χ0) is 16.5. The van der Waals surface area contributed by atoms with Crippen LogP contribution in [0.1, 0.15) is 49.3 Å². The minimum atomic E-state index is -0.416. The number of rotatable bonds is 4. The van der Waals surface area contributed by atoms with Crippen LogP contribution in [-0.4, -0.2) is 17.8 Å². The molecule has 24 heavy (non-hydrogen) atoms. The van der Waals surface area contributed by atoms with Crippen molar-refractivity contribution in [2.75, 3.05) is 6.79 Å². The molecule has 126 valence electrons. The van der Waals surface area contributed by atoms with Gasteiger partial charge in [-0.3, -0.25) is 0 Å². The molecule has 5 heteroatoms. The number of halogens is 1. The Labute approximate surface area is 141 Å². The Balaban J connectivity index is 1.41. The van der Waals surface area contributed by atoms with E-state index >= 15 is 0 Å². The smallest absolute Gasteiger partial charge is 0.231 e. The number of pyridine rings is 1. The number of nitrogens with one attached hydrogen (secondary N) is 1. The number of para-hydroxylation sites is 1. The van der Waals surface area contributed by atoms with E-state index in [0.717, 1.165) is 41.9 Å². The van der Waals surface area contributed by atoms with Crippen LogP contribution < -0.4 is 14.8 Å². The zero-order valence-corrected chi connectivity index (χ0v) is 13.7. The maximum Gasteiger partial charge on any atom is 0.231 e. The van der Waals surface area contributed by atoms with Crippen LogP contribution in [0.2, 0.25) is 0 Å². The van der Waals surface area contributed by atoms with Crippen molar-refractivity contribution in [1.82, 2.24) is 10.3 Å². The molecule has 0 amide bonds. The first-order chi connectivity index (χ1) is 11.7. The van der Waals surface area contributed by atoms with Crippen LogP contribution in [0.15, 0.2) is 36.5 Å². The van der Waals surface area contributed by atoms with Crippen LogP contribution in [0.3, 0.4) is 0 Å². The molecule has 2 aromatic rings. The minimum absolute atomic E-state index is 0.191. The van der Waals surface area contributed by atoms with E-state index in [-0.39, 0.29) is 6.04 Å². The maximum absolute atomic E-state index is 13.0. The molecular weight excluding hydrogens is 307 g/mol. The highest BCUT2D eigenvalue weighted by atomic mass is 19.1. The summed E-state index contributed by atoms with van der Waals surface area (Å²) in [6, 6.07) is 9.96. The third-order valence-electron chi connectivity index (χ3n) is 5.03. The molecule has 3 atom stereocenters. The molecule has 0 radical (unpaired) electrons. The van der Waals surface area contributed by atoms with Gasteiger partial charge in [0.05, 0.1) is 0 Å². The Bertz CT molecular complexity index is 720. The molecule has 1 N–H and O–H groups in total. The number of hydrogen-bond donors (Lipinski definition) is 1. The van der Waals surface area contributed by atoms with Gasteiger partial charge < -0.3 is 14.8 Å². The number of hydrogen-bond acceptors (Lipinski definition) is 4. The number of benzene rings is 1. The zero-order valence-electron chi connectivity index (χ0n) is 13.7. The van der Waals surface area contributed by atoms with Gasteiger partial charge in [-0.15, -0.1) is 0 Å². The van der Waals surface area contributed by atoms with Crippen molar-refractivity contribution in [3.63, 3.8) is 0 Å². The van der Waals surface area contributed by atoms with Crippen molar-refractivity contribution in [2.24, 2.45) is 0 Å². The van der Waals surface area contributed by atoms with Gasteiger partial charge in [-0.1, -0.05) is 18.2 Å². The van der Waals surface area contributed by atoms with Gasteiger partial charge >= 0.3 is 0 Å². The van der Waals surface area contributed by atoms with Crippen molar-refractivity contribution in [2.45, 2.75) is 44.2 Å². The Kier molecular flexibility index (Phi) is 4.10. The standard InChI is InChI=1S/C19H21FN2O2/c1-12(16-3-2-4-17-19(16)24-11-23-17)22-15-7-5-13(9-15)14-6-8-18(20)21-10-14/h2-4,6,8,10,12-13,15,22H,5,7,9,11H2,1H3/t12-,13?,15?/m1/s1. The lowest BCUT2D eigenvalue weighted by Gasteiger charge is -2.21. The fraction of sp³-hybridized carbons (Fsp3) is 0.421. The van der Waals surface area contributed by atoms with Crippen molar-refractivity contribution < 1.29 is 13.9 Å². The monoisotopic (exact) mass is 328 g/mol. The molecule has 1 aliphatic heterocycles. The Morgan fingerprint density at radius 2 is 2.12 bits per heavy atom. The molecular formula is C19H21FN2O2. The van der Waals surface area contributed by atoms with Crippen LogP contribution in [-0.2, 0) is 0 Å². The molecule has 1 aromatic carbocycles. The van der Waals surface area contributed by atoms with E-state index < -0.39 is 5.95 Å². The predicted octanol–water partition coefficient (Wildman–Crippen LogP) is 3.94. The van der Waals surface area contributed by atoms with Gasteiger partial charge in [-0.2, -0.15) is 4.39 Å². The van der Waals surface area contributed by atoms with Crippen molar-refractivity contribution in [1.29, 1.82) is 0 Å². The average Bonchev–Trinajstić information content (AvgIpc) is 3.24. The summed E-state index contributed by atoms with van der Waals surface area (Å²) in [5.74, 6) is 1.71. The van der Waals surface area contributed by atoms with Gasteiger partial charge in [0.25, 0.3) is 0 Å². The first-order valence-corrected chi connectivity index (χ1v) is 8.46. The summed E-state index contributed by atoms with van der Waals surface area (Å²) in [6.45, 7) is 2.45. The molecule has 1 aromatic heterocycles. The van der Waals surface area contributed by atoms with E-state index in [1.165, 1.54) is 6.07 Å². The number of aromatic nitrogens is 1. The van der Waals surface area contributed by atoms with E-state index in [4.69, 9.17) is 9.47 Å². The molecule has 0 saturated heterocycles. The van der Waals surface area contributed by atoms with Crippen LogP contribution in [0.25, 0.3) is 0 Å². The Hall–Kier alpha value is -2.14. The second-order valence-electron chi connectivity index (χ2n) is 6.59. The summed E-state index contributed by atoms with van der Waals surface area (Å²) in [7, 11) is 0. The van der Waals surface area contributed by atoms with Crippen LogP contribution in [0, 0.1) is 5.95 Å². The van der Waals surface area contributed by atoms with Gasteiger partial charge in [-0.25, -0.2) is 4.98 Å². The first kappa shape index (κ1) is 15.4. The Morgan fingerprint density at radius 3 is 2.96 bits per heavy atom. The average molecular weight is 328 g/mol. The number of ether oxygens (including phenoxy) is 2. The van der Waals surface area contributed by atoms with E-state index in [1.54, 1.807) is 6.20 Å². The predicted molar refractivity (Wildman–Crippen MR) is 88.7 cm³/mol. The number of fused-ring (bicyclic) bond motifs is 1. The maximum atomic E-state index is 13.0. The summed E-state index contributed by atoms with van der Waals surface area (Å²) in [6.07, 6.45) is 4.92. The van der Waals surface area contributed by atoms with E-state index in [9.17, 15) is 4.39 Å². The fourth-order valence-corrected chi connectivity index (χ4v) is 3.80. The first-order valence-electron chi connectivity index (χ1n) is 8.46. The van der Waals surface area contributed by atoms with Crippen molar-refractivity contribution >= 4 is 0 Å². The third-order valence-corrected chi connectivity index (χ3v) is 5.03. The molecule has 2 heterocycles. The summed E-state index contributed by atoms with van der Waals surface area (Å²) in [5.41, 5.74) is 2.27. The molecule has 1 saturated carbocycles. The minimum Gasteiger partial charge on any atom is -0.454 e. The SMILES string of the molecule is C[C@@H](NC1CCC(c2ccc(F)nc2)C1)c1cccc2c1OCO2. The molecule has 1 aliphatic carbocycles. The lowest BCUT2D eigenvalue weighted by Crippen LogP contribution is -2.29. The van der Waals surface area contributed by atoms with E-state index in [0.29, 0.717) is 18.8 Å². The fourth-order valence-electron chi connectivity index (χ4n) is 3.80. The quantitative estimate of drug-likeness (QED) is 0.864. The van der Waals surface area contributed by atoms with Crippen molar-refractivity contribution in [3.05, 3.63) is 53.6 Å². The molecule has 4 rings (SSSR count). The summed E-state index contributed by atoms with van der Waals surface area (Å²) < 4.78 is 24.0. The van der Waals surface area contributed by atoms with Gasteiger partial charge in [0, 0.05) is 23.8 Å². The normalized spacial score (nSPS) is 23.4. The molecule has 4 nitrogen and oxygen atoms in total. The lowest BCUT2D eigenvalue weighted by atomic mass is 9.99. The highest BCUT2D eigenvalue weighted by Crippen LogP contribution is 2.40. The summed E-state index contributed by atoms with van der Waals surface area (Å²) in [4.78, 5) is 3.78.